The van der Waals surface area contributed by atoms with E-state index in [0.717, 1.165) is 19.3 Å². The zero-order valence-corrected chi connectivity index (χ0v) is 10.3. The zero-order chi connectivity index (χ0) is 12.8. The lowest BCUT2D eigenvalue weighted by Crippen LogP contribution is -2.46. The third kappa shape index (κ3) is 3.33. The van der Waals surface area contributed by atoms with Gasteiger partial charge in [-0.2, -0.15) is 0 Å². The van der Waals surface area contributed by atoms with Gasteiger partial charge in [-0.05, 0) is 25.7 Å². The van der Waals surface area contributed by atoms with Crippen molar-refractivity contribution in [3.05, 3.63) is 0 Å². The maximum absolute atomic E-state index is 12.0. The second-order valence-electron chi connectivity index (χ2n) is 4.31. The summed E-state index contributed by atoms with van der Waals surface area (Å²) in [6.45, 7) is 1.82. The molecule has 1 fully saturated rings. The minimum atomic E-state index is -0.571. The number of methoxy groups -OCH3 is 1. The Balaban J connectivity index is 2.58. The molecular weight excluding hydrogens is 222 g/mol. The maximum Gasteiger partial charge on any atom is 0.231 e. The predicted molar refractivity (Wildman–Crippen MR) is 63.8 cm³/mol. The van der Waals surface area contributed by atoms with E-state index in [9.17, 15) is 4.79 Å². The molecule has 1 rings (SSSR count). The van der Waals surface area contributed by atoms with Crippen molar-refractivity contribution in [3.63, 3.8) is 0 Å². The highest BCUT2D eigenvalue weighted by molar-refractivity contribution is 6.02. The molecule has 1 aliphatic carbocycles. The number of ether oxygens (including phenoxy) is 1. The normalized spacial score (nSPS) is 26.8. The van der Waals surface area contributed by atoms with E-state index in [1.54, 1.807) is 7.11 Å². The van der Waals surface area contributed by atoms with Gasteiger partial charge in [0.2, 0.25) is 5.91 Å². The molecule has 0 aromatic heterocycles. The topological polar surface area (TPSA) is 96.9 Å². The largest absolute Gasteiger partial charge is 0.409 e. The summed E-state index contributed by atoms with van der Waals surface area (Å²) in [7, 11) is 1.65. The number of nitrogens with one attached hydrogen (secondary N) is 1. The lowest BCUT2D eigenvalue weighted by Gasteiger charge is -2.22. The van der Waals surface area contributed by atoms with Crippen molar-refractivity contribution in [3.8, 4) is 0 Å². The number of carbonyl (C=O) groups excluding carboxylic acids is 1. The number of amidine groups is 1. The predicted octanol–water partition coefficient (Wildman–Crippen LogP) is 0.443. The van der Waals surface area contributed by atoms with E-state index >= 15 is 0 Å². The molecule has 0 heterocycles. The third-order valence-corrected chi connectivity index (χ3v) is 3.28. The van der Waals surface area contributed by atoms with Gasteiger partial charge in [0.05, 0.1) is 18.1 Å². The first-order chi connectivity index (χ1) is 8.13. The van der Waals surface area contributed by atoms with Crippen molar-refractivity contribution in [1.29, 1.82) is 0 Å². The van der Waals surface area contributed by atoms with Gasteiger partial charge in [0.15, 0.2) is 5.84 Å². The molecule has 0 aromatic rings. The van der Waals surface area contributed by atoms with Crippen LogP contribution in [0.4, 0.5) is 0 Å². The van der Waals surface area contributed by atoms with Crippen molar-refractivity contribution < 1.29 is 14.7 Å². The lowest BCUT2D eigenvalue weighted by molar-refractivity contribution is -0.124. The molecule has 4 N–H and O–H groups in total. The highest BCUT2D eigenvalue weighted by Gasteiger charge is 2.31. The van der Waals surface area contributed by atoms with Crippen LogP contribution in [0, 0.1) is 5.92 Å². The summed E-state index contributed by atoms with van der Waals surface area (Å²) in [6, 6.07) is 0.0352. The number of carbonyl (C=O) groups is 1. The summed E-state index contributed by atoms with van der Waals surface area (Å²) in [5.74, 6) is -0.813. The molecule has 0 bridgehead atoms. The number of amides is 1. The van der Waals surface area contributed by atoms with Gasteiger partial charge in [0.25, 0.3) is 0 Å². The number of hydrogen-bond acceptors (Lipinski definition) is 4. The molecular formula is C11H21N3O3. The number of hydrogen-bond donors (Lipinski definition) is 3. The van der Waals surface area contributed by atoms with E-state index in [0.29, 0.717) is 6.42 Å². The van der Waals surface area contributed by atoms with Crippen molar-refractivity contribution in [1.82, 2.24) is 5.32 Å². The van der Waals surface area contributed by atoms with Crippen LogP contribution < -0.4 is 11.1 Å². The van der Waals surface area contributed by atoms with Gasteiger partial charge in [-0.1, -0.05) is 12.1 Å². The van der Waals surface area contributed by atoms with Crippen LogP contribution in [-0.2, 0) is 9.53 Å². The molecule has 3 unspecified atom stereocenters. The van der Waals surface area contributed by atoms with Gasteiger partial charge in [0.1, 0.15) is 0 Å². The Labute approximate surface area is 101 Å². The van der Waals surface area contributed by atoms with Gasteiger partial charge < -0.3 is 21.0 Å². The number of oxime groups is 1. The second kappa shape index (κ2) is 6.44. The molecule has 1 amide bonds. The second-order valence-corrected chi connectivity index (χ2v) is 4.31. The quantitative estimate of drug-likeness (QED) is 0.282. The Morgan fingerprint density at radius 2 is 2.35 bits per heavy atom. The molecule has 0 spiro atoms. The summed E-state index contributed by atoms with van der Waals surface area (Å²) >= 11 is 0. The first kappa shape index (κ1) is 13.8. The van der Waals surface area contributed by atoms with Crippen LogP contribution in [-0.4, -0.2) is 36.2 Å². The third-order valence-electron chi connectivity index (χ3n) is 3.28. The van der Waals surface area contributed by atoms with E-state index in [-0.39, 0.29) is 23.9 Å². The Morgan fingerprint density at radius 3 is 2.88 bits per heavy atom. The summed E-state index contributed by atoms with van der Waals surface area (Å²) in [6.07, 6.45) is 3.50. The molecule has 6 heteroatoms. The molecule has 0 radical (unpaired) electrons. The standard InChI is InChI=1S/C11H21N3O3/c1-3-7(10(12)14-16)11(15)13-8-5-4-6-9(8)17-2/h7-9,16H,3-6H2,1-2H3,(H2,12,14)(H,13,15). The van der Waals surface area contributed by atoms with Crippen molar-refractivity contribution >= 4 is 11.7 Å². The van der Waals surface area contributed by atoms with Gasteiger partial charge in [-0.25, -0.2) is 0 Å². The molecule has 98 valence electrons. The Kier molecular flexibility index (Phi) is 5.21. The summed E-state index contributed by atoms with van der Waals surface area (Å²) in [5, 5.41) is 14.4. The number of rotatable bonds is 5. The summed E-state index contributed by atoms with van der Waals surface area (Å²) in [4.78, 5) is 12.0. The zero-order valence-electron chi connectivity index (χ0n) is 10.3. The molecule has 0 aromatic carbocycles. The van der Waals surface area contributed by atoms with Crippen LogP contribution in [0.2, 0.25) is 0 Å². The van der Waals surface area contributed by atoms with Crippen molar-refractivity contribution in [2.75, 3.05) is 7.11 Å². The molecule has 0 aliphatic heterocycles. The van der Waals surface area contributed by atoms with Crippen molar-refractivity contribution in [2.45, 2.75) is 44.8 Å². The molecule has 3 atom stereocenters. The van der Waals surface area contributed by atoms with Crippen LogP contribution >= 0.6 is 0 Å². The fourth-order valence-corrected chi connectivity index (χ4v) is 2.26. The highest BCUT2D eigenvalue weighted by Crippen LogP contribution is 2.22. The smallest absolute Gasteiger partial charge is 0.231 e. The van der Waals surface area contributed by atoms with E-state index in [1.807, 2.05) is 6.92 Å². The molecule has 17 heavy (non-hydrogen) atoms. The molecule has 6 nitrogen and oxygen atoms in total. The van der Waals surface area contributed by atoms with E-state index in [4.69, 9.17) is 15.7 Å². The average Bonchev–Trinajstić information content (AvgIpc) is 2.76. The van der Waals surface area contributed by atoms with Gasteiger partial charge in [0, 0.05) is 7.11 Å². The van der Waals surface area contributed by atoms with Crippen LogP contribution in [0.5, 0.6) is 0 Å². The molecule has 1 saturated carbocycles. The van der Waals surface area contributed by atoms with E-state index in [2.05, 4.69) is 10.5 Å². The maximum atomic E-state index is 12.0. The monoisotopic (exact) mass is 243 g/mol. The summed E-state index contributed by atoms with van der Waals surface area (Å²) < 4.78 is 5.30. The van der Waals surface area contributed by atoms with Gasteiger partial charge in [-0.15, -0.1) is 0 Å². The lowest BCUT2D eigenvalue weighted by atomic mass is 10.0. The Hall–Kier alpha value is -1.30. The van der Waals surface area contributed by atoms with Crippen LogP contribution in [0.25, 0.3) is 0 Å². The van der Waals surface area contributed by atoms with Gasteiger partial charge >= 0.3 is 0 Å². The van der Waals surface area contributed by atoms with Crippen molar-refractivity contribution in [2.24, 2.45) is 16.8 Å². The minimum Gasteiger partial charge on any atom is -0.409 e. The van der Waals surface area contributed by atoms with Crippen LogP contribution in [0.3, 0.4) is 0 Å². The SMILES string of the molecule is CCC(C(=O)NC1CCCC1OC)C(N)=NO. The molecule has 0 saturated heterocycles. The van der Waals surface area contributed by atoms with Crippen LogP contribution in [0.1, 0.15) is 32.6 Å². The van der Waals surface area contributed by atoms with E-state index in [1.165, 1.54) is 0 Å². The Morgan fingerprint density at radius 1 is 1.65 bits per heavy atom. The highest BCUT2D eigenvalue weighted by atomic mass is 16.5. The minimum absolute atomic E-state index is 0.0352. The first-order valence-corrected chi connectivity index (χ1v) is 5.94. The van der Waals surface area contributed by atoms with Crippen LogP contribution in [0.15, 0.2) is 5.16 Å². The molecule has 1 aliphatic rings. The fraction of sp³-hybridized carbons (Fsp3) is 0.818. The average molecular weight is 243 g/mol. The van der Waals surface area contributed by atoms with E-state index < -0.39 is 5.92 Å². The number of nitrogens with two attached hydrogens (primary N) is 1. The first-order valence-electron chi connectivity index (χ1n) is 5.94. The number of nitrogens with zero attached hydrogens (tertiary/aromatic N) is 1. The fourth-order valence-electron chi connectivity index (χ4n) is 2.26. The van der Waals surface area contributed by atoms with Gasteiger partial charge in [-0.3, -0.25) is 4.79 Å². The summed E-state index contributed by atoms with van der Waals surface area (Å²) in [5.41, 5.74) is 5.48. The Bertz CT molecular complexity index is 294.